The van der Waals surface area contributed by atoms with Crippen molar-refractivity contribution in [3.05, 3.63) is 56.4 Å². The Kier molecular flexibility index (Phi) is 7.29. The van der Waals surface area contributed by atoms with E-state index in [-0.39, 0.29) is 11.6 Å². The molecular weight excluding hydrogens is 477 g/mol. The standard InChI is InChI=1S/C20H21ClFN5O3S2/c1-2-30-20(28)16-15(10-27-5-7-32(29)8-6-27)24-18(19-26-23-11-31-19)25-17(16)13-4-3-12(22)9-14(13)21/h3-4,9,11,17H,2,5-8,10H2,1H3,(H,24,25). The van der Waals surface area contributed by atoms with Crippen LogP contribution < -0.4 is 5.32 Å². The Morgan fingerprint density at radius 2 is 2.19 bits per heavy atom. The Bertz CT molecular complexity index is 1080. The van der Waals surface area contributed by atoms with Crippen LogP contribution in [0.15, 0.2) is 40.0 Å². The van der Waals surface area contributed by atoms with Gasteiger partial charge in [0, 0.05) is 58.2 Å². The first-order valence-electron chi connectivity index (χ1n) is 10.00. The first kappa shape index (κ1) is 23.0. The number of amidine groups is 1. The van der Waals surface area contributed by atoms with E-state index in [1.807, 2.05) is 0 Å². The van der Waals surface area contributed by atoms with Crippen molar-refractivity contribution in [1.82, 2.24) is 20.4 Å². The largest absolute Gasteiger partial charge is 0.463 e. The van der Waals surface area contributed by atoms with Crippen LogP contribution in [0.25, 0.3) is 0 Å². The summed E-state index contributed by atoms with van der Waals surface area (Å²) in [6.07, 6.45) is 0. The summed E-state index contributed by atoms with van der Waals surface area (Å²) in [4.78, 5) is 19.9. The van der Waals surface area contributed by atoms with E-state index in [1.165, 1.54) is 29.5 Å². The number of rotatable bonds is 6. The molecule has 170 valence electrons. The maximum Gasteiger partial charge on any atom is 0.338 e. The molecule has 3 heterocycles. The van der Waals surface area contributed by atoms with Gasteiger partial charge in [0.15, 0.2) is 10.8 Å². The second kappa shape index (κ2) is 10.2. The molecule has 0 bridgehead atoms. The van der Waals surface area contributed by atoms with Crippen molar-refractivity contribution in [2.24, 2.45) is 4.99 Å². The third-order valence-corrected chi connectivity index (χ3v) is 7.39. The second-order valence-corrected chi connectivity index (χ2v) is 10.1. The lowest BCUT2D eigenvalue weighted by atomic mass is 9.95. The zero-order valence-electron chi connectivity index (χ0n) is 17.2. The van der Waals surface area contributed by atoms with Gasteiger partial charge in [-0.3, -0.25) is 14.1 Å². The van der Waals surface area contributed by atoms with Gasteiger partial charge in [0.1, 0.15) is 17.4 Å². The smallest absolute Gasteiger partial charge is 0.338 e. The minimum atomic E-state index is -0.824. The summed E-state index contributed by atoms with van der Waals surface area (Å²) in [5.41, 5.74) is 2.97. The number of carbonyl (C=O) groups excluding carboxylic acids is 1. The van der Waals surface area contributed by atoms with Gasteiger partial charge in [-0.05, 0) is 19.1 Å². The van der Waals surface area contributed by atoms with Crippen LogP contribution in [0, 0.1) is 5.82 Å². The predicted octanol–water partition coefficient (Wildman–Crippen LogP) is 2.30. The van der Waals surface area contributed by atoms with E-state index in [4.69, 9.17) is 21.3 Å². The fraction of sp³-hybridized carbons (Fsp3) is 0.400. The minimum Gasteiger partial charge on any atom is -0.463 e. The number of hydrogen-bond donors (Lipinski definition) is 1. The zero-order valence-corrected chi connectivity index (χ0v) is 19.6. The number of halogens is 2. The van der Waals surface area contributed by atoms with Crippen molar-refractivity contribution in [3.63, 3.8) is 0 Å². The number of esters is 1. The molecule has 1 aromatic carbocycles. The van der Waals surface area contributed by atoms with Crippen LogP contribution in [0.3, 0.4) is 0 Å². The van der Waals surface area contributed by atoms with Gasteiger partial charge in [0.2, 0.25) is 0 Å². The quantitative estimate of drug-likeness (QED) is 0.611. The molecule has 4 rings (SSSR count). The molecule has 32 heavy (non-hydrogen) atoms. The van der Waals surface area contributed by atoms with E-state index in [0.717, 1.165) is 0 Å². The number of aromatic nitrogens is 2. The molecule has 1 saturated heterocycles. The fourth-order valence-electron chi connectivity index (χ4n) is 3.56. The highest BCUT2D eigenvalue weighted by atomic mass is 35.5. The molecule has 1 atom stereocenters. The average molecular weight is 498 g/mol. The number of nitrogens with zero attached hydrogens (tertiary/aromatic N) is 4. The molecule has 2 aliphatic heterocycles. The molecule has 0 radical (unpaired) electrons. The lowest BCUT2D eigenvalue weighted by Gasteiger charge is -2.32. The second-order valence-electron chi connectivity index (χ2n) is 7.15. The maximum atomic E-state index is 13.7. The summed E-state index contributed by atoms with van der Waals surface area (Å²) in [6, 6.07) is 3.19. The highest BCUT2D eigenvalue weighted by Crippen LogP contribution is 2.36. The maximum absolute atomic E-state index is 13.7. The van der Waals surface area contributed by atoms with Gasteiger partial charge in [-0.15, -0.1) is 10.2 Å². The van der Waals surface area contributed by atoms with E-state index in [2.05, 4.69) is 20.4 Å². The third kappa shape index (κ3) is 5.06. The molecule has 2 aliphatic rings. The highest BCUT2D eigenvalue weighted by Gasteiger charge is 2.35. The van der Waals surface area contributed by atoms with Crippen LogP contribution in [0.1, 0.15) is 23.5 Å². The monoisotopic (exact) mass is 497 g/mol. The highest BCUT2D eigenvalue weighted by molar-refractivity contribution is 7.85. The van der Waals surface area contributed by atoms with Crippen LogP contribution in [0.5, 0.6) is 0 Å². The molecule has 12 heteroatoms. The summed E-state index contributed by atoms with van der Waals surface area (Å²) < 4.78 is 30.8. The van der Waals surface area contributed by atoms with Crippen molar-refractivity contribution in [3.8, 4) is 0 Å². The van der Waals surface area contributed by atoms with Gasteiger partial charge in [-0.25, -0.2) is 9.18 Å². The Balaban J connectivity index is 1.80. The molecule has 0 amide bonds. The van der Waals surface area contributed by atoms with Gasteiger partial charge in [-0.2, -0.15) is 0 Å². The number of hydrogen-bond acceptors (Lipinski definition) is 9. The SMILES string of the molecule is CCOC(=O)C1=C(CN2CCS(=O)CC2)NC(c2nncs2)=NC1c1ccc(F)cc1Cl. The fourth-order valence-corrected chi connectivity index (χ4v) is 5.46. The molecule has 1 fully saturated rings. The summed E-state index contributed by atoms with van der Waals surface area (Å²) >= 11 is 7.66. The molecule has 1 unspecified atom stereocenters. The number of nitrogens with one attached hydrogen (secondary N) is 1. The molecular formula is C20H21ClFN5O3S2. The Hall–Kier alpha value is -2.21. The van der Waals surface area contributed by atoms with Gasteiger partial charge in [0.25, 0.3) is 0 Å². The molecule has 0 saturated carbocycles. The minimum absolute atomic E-state index is 0.159. The summed E-state index contributed by atoms with van der Waals surface area (Å²) in [5.74, 6) is 0.589. The molecule has 0 aliphatic carbocycles. The zero-order chi connectivity index (χ0) is 22.7. The normalized spacial score (nSPS) is 20.1. The van der Waals surface area contributed by atoms with Crippen molar-refractivity contribution in [2.45, 2.75) is 13.0 Å². The Morgan fingerprint density at radius 3 is 2.84 bits per heavy atom. The predicted molar refractivity (Wildman–Crippen MR) is 122 cm³/mol. The molecule has 8 nitrogen and oxygen atoms in total. The molecule has 0 spiro atoms. The van der Waals surface area contributed by atoms with Crippen molar-refractivity contribution in [1.29, 1.82) is 0 Å². The number of carbonyl (C=O) groups is 1. The average Bonchev–Trinajstić information content (AvgIpc) is 3.30. The van der Waals surface area contributed by atoms with Crippen LogP contribution >= 0.6 is 22.9 Å². The summed E-state index contributed by atoms with van der Waals surface area (Å²) in [7, 11) is -0.824. The van der Waals surface area contributed by atoms with E-state index in [0.29, 0.717) is 58.8 Å². The lowest BCUT2D eigenvalue weighted by molar-refractivity contribution is -0.139. The van der Waals surface area contributed by atoms with Gasteiger partial charge < -0.3 is 10.1 Å². The molecule has 2 aromatic rings. The van der Waals surface area contributed by atoms with Gasteiger partial charge in [0.05, 0.1) is 12.2 Å². The number of benzene rings is 1. The van der Waals surface area contributed by atoms with Crippen molar-refractivity contribution < 1.29 is 18.1 Å². The Morgan fingerprint density at radius 1 is 1.41 bits per heavy atom. The third-order valence-electron chi connectivity index (χ3n) is 5.09. The van der Waals surface area contributed by atoms with E-state index >= 15 is 0 Å². The first-order valence-corrected chi connectivity index (χ1v) is 12.7. The van der Waals surface area contributed by atoms with Gasteiger partial charge in [-0.1, -0.05) is 29.0 Å². The summed E-state index contributed by atoms with van der Waals surface area (Å²) in [6.45, 7) is 3.60. The topological polar surface area (TPSA) is 96.8 Å². The first-order chi connectivity index (χ1) is 15.5. The van der Waals surface area contributed by atoms with Crippen LogP contribution in [-0.2, 0) is 20.3 Å². The molecule has 1 aromatic heterocycles. The Labute approximate surface area is 196 Å². The van der Waals surface area contributed by atoms with Crippen molar-refractivity contribution in [2.75, 3.05) is 37.7 Å². The van der Waals surface area contributed by atoms with E-state index in [1.54, 1.807) is 12.4 Å². The molecule has 1 N–H and O–H groups in total. The van der Waals surface area contributed by atoms with Crippen LogP contribution in [0.2, 0.25) is 5.02 Å². The number of aliphatic imine (C=N–C) groups is 1. The summed E-state index contributed by atoms with van der Waals surface area (Å²) in [5, 5.41) is 11.9. The van der Waals surface area contributed by atoms with Crippen LogP contribution in [-0.4, -0.2) is 68.9 Å². The van der Waals surface area contributed by atoms with E-state index < -0.39 is 28.6 Å². The lowest BCUT2D eigenvalue weighted by Crippen LogP contribution is -2.44. The van der Waals surface area contributed by atoms with E-state index in [9.17, 15) is 13.4 Å². The van der Waals surface area contributed by atoms with Crippen molar-refractivity contribution >= 4 is 45.5 Å². The van der Waals surface area contributed by atoms with Gasteiger partial charge >= 0.3 is 5.97 Å². The number of ether oxygens (including phenoxy) is 1. The van der Waals surface area contributed by atoms with Crippen LogP contribution in [0.4, 0.5) is 4.39 Å².